The van der Waals surface area contributed by atoms with E-state index in [4.69, 9.17) is 0 Å². The van der Waals surface area contributed by atoms with Crippen molar-refractivity contribution in [2.24, 2.45) is 0 Å². The summed E-state index contributed by atoms with van der Waals surface area (Å²) < 4.78 is 115. The minimum absolute atomic E-state index is 0.371. The lowest BCUT2D eigenvalue weighted by molar-refractivity contribution is -0.399. The summed E-state index contributed by atoms with van der Waals surface area (Å²) in [5, 5.41) is 0. The van der Waals surface area contributed by atoms with Crippen LogP contribution >= 0.6 is 0 Å². The van der Waals surface area contributed by atoms with Crippen LogP contribution in [-0.4, -0.2) is 18.0 Å². The minimum atomic E-state index is -6.88. The van der Waals surface area contributed by atoms with E-state index in [-0.39, 0.29) is 0 Å². The lowest BCUT2D eigenvalue weighted by Crippen LogP contribution is -2.59. The fourth-order valence-corrected chi connectivity index (χ4v) is 1.58. The van der Waals surface area contributed by atoms with Gasteiger partial charge < -0.3 is 0 Å². The summed E-state index contributed by atoms with van der Waals surface area (Å²) in [6.45, 7) is 1.15. The summed E-state index contributed by atoms with van der Waals surface area (Å²) in [5.74, 6) is -19.2. The molecule has 0 aliphatic carbocycles. The van der Waals surface area contributed by atoms with E-state index in [2.05, 4.69) is 0 Å². The second-order valence-electron chi connectivity index (χ2n) is 4.10. The Kier molecular flexibility index (Phi) is 4.28. The van der Waals surface area contributed by atoms with Gasteiger partial charge in [0.15, 0.2) is 0 Å². The van der Waals surface area contributed by atoms with Gasteiger partial charge in [-0.1, -0.05) is 31.2 Å². The second kappa shape index (κ2) is 5.10. The summed E-state index contributed by atoms with van der Waals surface area (Å²) in [4.78, 5) is 0. The van der Waals surface area contributed by atoms with Crippen molar-refractivity contribution >= 4 is 0 Å². The number of hydrogen-bond acceptors (Lipinski definition) is 0. The fourth-order valence-electron chi connectivity index (χ4n) is 1.58. The van der Waals surface area contributed by atoms with E-state index in [0.717, 1.165) is 31.5 Å². The Morgan fingerprint density at radius 1 is 0.762 bits per heavy atom. The molecule has 1 aromatic rings. The molecule has 1 aromatic carbocycles. The Labute approximate surface area is 113 Å². The number of benzene rings is 1. The van der Waals surface area contributed by atoms with Crippen LogP contribution in [0.2, 0.25) is 0 Å². The fraction of sp³-hybridized carbons (Fsp3) is 0.417. The molecule has 0 saturated carbocycles. The predicted molar refractivity (Wildman–Crippen MR) is 55.4 cm³/mol. The quantitative estimate of drug-likeness (QED) is 0.670. The van der Waals surface area contributed by atoms with Gasteiger partial charge in [0.1, 0.15) is 0 Å². The monoisotopic (exact) mass is 323 g/mol. The van der Waals surface area contributed by atoms with Crippen LogP contribution in [0.5, 0.6) is 0 Å². The molecule has 0 nitrogen and oxygen atoms in total. The maximum Gasteiger partial charge on any atom is 0.460 e. The molecule has 0 unspecified atom stereocenters. The van der Waals surface area contributed by atoms with Gasteiger partial charge in [-0.15, -0.1) is 0 Å². The van der Waals surface area contributed by atoms with Crippen LogP contribution in [0.1, 0.15) is 18.1 Å². The standard InChI is InChI=1S/C12H8F9/c1-2-7-5-3-4-6-8(7)9(13,14)10(15,16)11(17,18)12(19,20)21/h2-6H,1H3. The van der Waals surface area contributed by atoms with E-state index >= 15 is 0 Å². The van der Waals surface area contributed by atoms with Crippen molar-refractivity contribution in [2.45, 2.75) is 30.9 Å². The highest BCUT2D eigenvalue weighted by Gasteiger charge is 2.82. The van der Waals surface area contributed by atoms with Crippen LogP contribution in [0.4, 0.5) is 39.5 Å². The highest BCUT2D eigenvalue weighted by Crippen LogP contribution is 2.57. The van der Waals surface area contributed by atoms with E-state index < -0.39 is 35.1 Å². The van der Waals surface area contributed by atoms with Crippen LogP contribution < -0.4 is 0 Å². The molecule has 0 fully saturated rings. The average molecular weight is 323 g/mol. The molecule has 1 radical (unpaired) electrons. The molecule has 0 atom stereocenters. The molecule has 0 heterocycles. The van der Waals surface area contributed by atoms with Crippen LogP contribution in [0.25, 0.3) is 0 Å². The van der Waals surface area contributed by atoms with Gasteiger partial charge in [0.25, 0.3) is 0 Å². The van der Waals surface area contributed by atoms with Crippen molar-refractivity contribution in [1.82, 2.24) is 0 Å². The number of rotatable bonds is 4. The van der Waals surface area contributed by atoms with Crippen LogP contribution in [0, 0.1) is 6.42 Å². The van der Waals surface area contributed by atoms with Gasteiger partial charge in [0.05, 0.1) is 0 Å². The first-order chi connectivity index (χ1) is 9.30. The largest absolute Gasteiger partial charge is 0.460 e. The zero-order chi connectivity index (χ0) is 16.7. The number of halogens is 9. The SMILES string of the molecule is C[CH]c1ccccc1C(F)(F)C(F)(F)C(F)(F)C(F)(F)F. The third-order valence-electron chi connectivity index (χ3n) is 2.75. The van der Waals surface area contributed by atoms with E-state index in [1.165, 1.54) is 0 Å². The third kappa shape index (κ3) is 2.57. The van der Waals surface area contributed by atoms with Gasteiger partial charge in [-0.3, -0.25) is 0 Å². The van der Waals surface area contributed by atoms with Crippen molar-refractivity contribution in [2.75, 3.05) is 0 Å². The molecule has 21 heavy (non-hydrogen) atoms. The molecule has 0 amide bonds. The molecule has 0 aliphatic rings. The van der Waals surface area contributed by atoms with E-state index in [0.29, 0.717) is 6.07 Å². The zero-order valence-electron chi connectivity index (χ0n) is 10.3. The first-order valence-corrected chi connectivity index (χ1v) is 5.39. The van der Waals surface area contributed by atoms with Gasteiger partial charge in [-0.05, 0) is 12.0 Å². The van der Waals surface area contributed by atoms with Crippen molar-refractivity contribution in [3.8, 4) is 0 Å². The number of hydrogen-bond donors (Lipinski definition) is 0. The van der Waals surface area contributed by atoms with Gasteiger partial charge >= 0.3 is 23.9 Å². The van der Waals surface area contributed by atoms with Gasteiger partial charge in [0.2, 0.25) is 0 Å². The van der Waals surface area contributed by atoms with Crippen LogP contribution in [-0.2, 0) is 5.92 Å². The predicted octanol–water partition coefficient (Wildman–Crippen LogP) is 5.18. The van der Waals surface area contributed by atoms with Gasteiger partial charge in [-0.25, -0.2) is 0 Å². The Hall–Kier alpha value is -1.41. The van der Waals surface area contributed by atoms with Crippen molar-refractivity contribution in [3.63, 3.8) is 0 Å². The zero-order valence-corrected chi connectivity index (χ0v) is 10.3. The Morgan fingerprint density at radius 3 is 1.67 bits per heavy atom. The summed E-state index contributed by atoms with van der Waals surface area (Å²) in [7, 11) is 0. The van der Waals surface area contributed by atoms with Crippen LogP contribution in [0.3, 0.4) is 0 Å². The Balaban J connectivity index is 3.47. The van der Waals surface area contributed by atoms with Crippen molar-refractivity contribution in [3.05, 3.63) is 41.8 Å². The molecule has 0 saturated heterocycles. The molecule has 0 aromatic heterocycles. The molecule has 0 spiro atoms. The molecule has 1 rings (SSSR count). The topological polar surface area (TPSA) is 0 Å². The smallest absolute Gasteiger partial charge is 0.194 e. The summed E-state index contributed by atoms with van der Waals surface area (Å²) in [6.07, 6.45) is -5.92. The van der Waals surface area contributed by atoms with Crippen molar-refractivity contribution in [1.29, 1.82) is 0 Å². The molecule has 119 valence electrons. The molecule has 0 aliphatic heterocycles. The highest BCUT2D eigenvalue weighted by molar-refractivity contribution is 5.37. The Morgan fingerprint density at radius 2 is 1.24 bits per heavy atom. The molecule has 0 bridgehead atoms. The van der Waals surface area contributed by atoms with Gasteiger partial charge in [0, 0.05) is 5.56 Å². The third-order valence-corrected chi connectivity index (χ3v) is 2.75. The minimum Gasteiger partial charge on any atom is -0.194 e. The second-order valence-corrected chi connectivity index (χ2v) is 4.10. The summed E-state index contributed by atoms with van der Waals surface area (Å²) in [5.41, 5.74) is -2.18. The summed E-state index contributed by atoms with van der Waals surface area (Å²) in [6, 6.07) is 3.24. The molecular weight excluding hydrogens is 315 g/mol. The molecule has 0 N–H and O–H groups in total. The first kappa shape index (κ1) is 17.6. The molecule has 9 heteroatoms. The van der Waals surface area contributed by atoms with Crippen molar-refractivity contribution < 1.29 is 39.5 Å². The average Bonchev–Trinajstić information content (AvgIpc) is 2.36. The number of alkyl halides is 9. The lowest BCUT2D eigenvalue weighted by Gasteiger charge is -2.34. The maximum absolute atomic E-state index is 13.7. The first-order valence-electron chi connectivity index (χ1n) is 5.39. The van der Waals surface area contributed by atoms with E-state index in [9.17, 15) is 39.5 Å². The Bertz CT molecular complexity index is 502. The van der Waals surface area contributed by atoms with E-state index in [1.807, 2.05) is 0 Å². The normalized spacial score (nSPS) is 14.4. The van der Waals surface area contributed by atoms with Gasteiger partial charge in [-0.2, -0.15) is 39.5 Å². The maximum atomic E-state index is 13.7. The molecular formula is C12H8F9. The highest BCUT2D eigenvalue weighted by atomic mass is 19.4. The summed E-state index contributed by atoms with van der Waals surface area (Å²) >= 11 is 0. The van der Waals surface area contributed by atoms with E-state index in [1.54, 1.807) is 0 Å². The lowest BCUT2D eigenvalue weighted by atomic mass is 9.92. The van der Waals surface area contributed by atoms with Crippen LogP contribution in [0.15, 0.2) is 24.3 Å².